The van der Waals surface area contributed by atoms with Crippen LogP contribution in [0.3, 0.4) is 0 Å². The third-order valence-corrected chi connectivity index (χ3v) is 3.01. The fourth-order valence-electron chi connectivity index (χ4n) is 1.11. The Bertz CT molecular complexity index is 535. The van der Waals surface area contributed by atoms with Gasteiger partial charge in [0.2, 0.25) is 0 Å². The van der Waals surface area contributed by atoms with E-state index >= 15 is 0 Å². The van der Waals surface area contributed by atoms with Crippen LogP contribution in [0, 0.1) is 0 Å². The van der Waals surface area contributed by atoms with Crippen molar-refractivity contribution >= 4 is 17.6 Å². The van der Waals surface area contributed by atoms with Gasteiger partial charge >= 0.3 is 0 Å². The Hall–Kier alpha value is -2.09. The van der Waals surface area contributed by atoms with Crippen LogP contribution in [-0.2, 0) is 7.05 Å². The van der Waals surface area contributed by atoms with E-state index in [9.17, 15) is 0 Å². The van der Waals surface area contributed by atoms with Gasteiger partial charge in [-0.25, -0.2) is 0 Å². The first-order valence-electron chi connectivity index (χ1n) is 4.66. The van der Waals surface area contributed by atoms with Crippen LogP contribution in [0.15, 0.2) is 39.9 Å². The van der Waals surface area contributed by atoms with E-state index in [1.165, 1.54) is 11.8 Å². The molecule has 0 aliphatic heterocycles. The van der Waals surface area contributed by atoms with Gasteiger partial charge in [-0.3, -0.25) is 4.98 Å². The maximum absolute atomic E-state index is 8.50. The highest BCUT2D eigenvalue weighted by Gasteiger charge is 2.05. The van der Waals surface area contributed by atoms with Crippen molar-refractivity contribution < 1.29 is 5.21 Å². The van der Waals surface area contributed by atoms with Gasteiger partial charge in [-0.05, 0) is 23.9 Å². The number of nitrogens with two attached hydrogens (primary N) is 1. The Morgan fingerprint density at radius 3 is 2.88 bits per heavy atom. The second-order valence-corrected chi connectivity index (χ2v) is 4.23. The SMILES string of the molecule is Cn1cnnc1Sc1ccc(/C(N)=N/O)nc1. The lowest BCUT2D eigenvalue weighted by Gasteiger charge is -2.01. The van der Waals surface area contributed by atoms with Gasteiger partial charge in [0, 0.05) is 18.1 Å². The zero-order valence-electron chi connectivity index (χ0n) is 8.98. The van der Waals surface area contributed by atoms with E-state index in [1.807, 2.05) is 17.7 Å². The van der Waals surface area contributed by atoms with Crippen molar-refractivity contribution in [1.82, 2.24) is 19.7 Å². The number of pyridine rings is 1. The molecule has 0 amide bonds. The molecule has 0 saturated carbocycles. The molecule has 7 nitrogen and oxygen atoms in total. The molecule has 2 heterocycles. The van der Waals surface area contributed by atoms with Gasteiger partial charge in [0.05, 0.1) is 0 Å². The normalized spacial score (nSPS) is 11.7. The van der Waals surface area contributed by atoms with Crippen LogP contribution in [0.5, 0.6) is 0 Å². The molecular formula is C9H10N6OS. The van der Waals surface area contributed by atoms with Gasteiger partial charge in [-0.2, -0.15) is 0 Å². The van der Waals surface area contributed by atoms with Crippen molar-refractivity contribution in [2.75, 3.05) is 0 Å². The highest BCUT2D eigenvalue weighted by atomic mass is 32.2. The number of rotatable bonds is 3. The lowest BCUT2D eigenvalue weighted by Crippen LogP contribution is -2.14. The molecule has 0 aliphatic carbocycles. The first-order valence-corrected chi connectivity index (χ1v) is 5.48. The maximum Gasteiger partial charge on any atom is 0.195 e. The first-order chi connectivity index (χ1) is 8.20. The molecule has 3 N–H and O–H groups in total. The quantitative estimate of drug-likeness (QED) is 0.355. The fourth-order valence-corrected chi connectivity index (χ4v) is 1.85. The molecule has 0 unspecified atom stereocenters. The van der Waals surface area contributed by atoms with Crippen molar-refractivity contribution in [2.45, 2.75) is 10.1 Å². The zero-order valence-corrected chi connectivity index (χ0v) is 9.79. The lowest BCUT2D eigenvalue weighted by atomic mass is 10.3. The van der Waals surface area contributed by atoms with Gasteiger partial charge in [0.1, 0.15) is 12.0 Å². The summed E-state index contributed by atoms with van der Waals surface area (Å²) in [6.07, 6.45) is 3.26. The van der Waals surface area contributed by atoms with Crippen LogP contribution in [0.2, 0.25) is 0 Å². The van der Waals surface area contributed by atoms with Crippen LogP contribution >= 0.6 is 11.8 Å². The molecule has 0 aliphatic rings. The zero-order chi connectivity index (χ0) is 12.3. The molecule has 88 valence electrons. The highest BCUT2D eigenvalue weighted by molar-refractivity contribution is 7.99. The van der Waals surface area contributed by atoms with Crippen molar-refractivity contribution in [3.8, 4) is 0 Å². The smallest absolute Gasteiger partial charge is 0.195 e. The molecule has 2 rings (SSSR count). The summed E-state index contributed by atoms with van der Waals surface area (Å²) in [7, 11) is 1.86. The highest BCUT2D eigenvalue weighted by Crippen LogP contribution is 2.24. The van der Waals surface area contributed by atoms with Gasteiger partial charge in [-0.1, -0.05) is 5.16 Å². The molecule has 0 atom stereocenters. The van der Waals surface area contributed by atoms with Crippen LogP contribution in [0.4, 0.5) is 0 Å². The van der Waals surface area contributed by atoms with Crippen molar-refractivity contribution in [3.63, 3.8) is 0 Å². The van der Waals surface area contributed by atoms with Gasteiger partial charge in [-0.15, -0.1) is 10.2 Å². The molecule has 8 heteroatoms. The van der Waals surface area contributed by atoms with Gasteiger partial charge in [0.25, 0.3) is 0 Å². The van der Waals surface area contributed by atoms with Crippen molar-refractivity contribution in [3.05, 3.63) is 30.4 Å². The molecule has 0 fully saturated rings. The fraction of sp³-hybridized carbons (Fsp3) is 0.111. The number of aromatic nitrogens is 4. The Morgan fingerprint density at radius 2 is 2.35 bits per heavy atom. The summed E-state index contributed by atoms with van der Waals surface area (Å²) in [5, 5.41) is 19.9. The Morgan fingerprint density at radius 1 is 1.53 bits per heavy atom. The maximum atomic E-state index is 8.50. The molecule has 0 aromatic carbocycles. The third kappa shape index (κ3) is 2.53. The summed E-state index contributed by atoms with van der Waals surface area (Å²) in [5.41, 5.74) is 5.83. The molecule has 2 aromatic heterocycles. The van der Waals surface area contributed by atoms with Crippen LogP contribution in [-0.4, -0.2) is 30.8 Å². The summed E-state index contributed by atoms with van der Waals surface area (Å²) < 4.78 is 1.81. The van der Waals surface area contributed by atoms with Gasteiger partial charge < -0.3 is 15.5 Å². The van der Waals surface area contributed by atoms with Crippen LogP contribution in [0.1, 0.15) is 5.69 Å². The Kier molecular flexibility index (Phi) is 3.24. The molecule has 17 heavy (non-hydrogen) atoms. The largest absolute Gasteiger partial charge is 0.409 e. The number of oxime groups is 1. The van der Waals surface area contributed by atoms with E-state index in [-0.39, 0.29) is 5.84 Å². The minimum atomic E-state index is -0.0137. The number of amidine groups is 1. The van der Waals surface area contributed by atoms with E-state index in [1.54, 1.807) is 18.6 Å². The molecule has 0 saturated heterocycles. The topological polar surface area (TPSA) is 102 Å². The first kappa shape index (κ1) is 11.4. The molecule has 2 aromatic rings. The standard InChI is InChI=1S/C9H10N6OS/c1-15-5-12-13-9(15)17-6-2-3-7(11-4-6)8(10)14-16/h2-5,16H,1H3,(H2,10,14). The summed E-state index contributed by atoms with van der Waals surface area (Å²) in [5.74, 6) is -0.0137. The summed E-state index contributed by atoms with van der Waals surface area (Å²) in [6, 6.07) is 3.49. The van der Waals surface area contributed by atoms with Crippen molar-refractivity contribution in [2.24, 2.45) is 17.9 Å². The summed E-state index contributed by atoms with van der Waals surface area (Å²) in [6.45, 7) is 0. The van der Waals surface area contributed by atoms with E-state index in [2.05, 4.69) is 20.3 Å². The second-order valence-electron chi connectivity index (χ2n) is 3.19. The Balaban J connectivity index is 2.17. The molecule has 0 spiro atoms. The number of hydrogen-bond acceptors (Lipinski definition) is 6. The molecule has 0 radical (unpaired) electrons. The van der Waals surface area contributed by atoms with E-state index < -0.39 is 0 Å². The van der Waals surface area contributed by atoms with E-state index in [0.717, 1.165) is 10.1 Å². The van der Waals surface area contributed by atoms with Crippen LogP contribution < -0.4 is 5.73 Å². The van der Waals surface area contributed by atoms with E-state index in [4.69, 9.17) is 10.9 Å². The van der Waals surface area contributed by atoms with Crippen molar-refractivity contribution in [1.29, 1.82) is 0 Å². The van der Waals surface area contributed by atoms with E-state index in [0.29, 0.717) is 5.69 Å². The van der Waals surface area contributed by atoms with Gasteiger partial charge in [0.15, 0.2) is 11.0 Å². The number of hydrogen-bond donors (Lipinski definition) is 2. The second kappa shape index (κ2) is 4.83. The predicted molar refractivity (Wildman–Crippen MR) is 61.9 cm³/mol. The Labute approximate surface area is 101 Å². The minimum Gasteiger partial charge on any atom is -0.409 e. The predicted octanol–water partition coefficient (Wildman–Crippen LogP) is 0.456. The third-order valence-electron chi connectivity index (χ3n) is 1.99. The lowest BCUT2D eigenvalue weighted by molar-refractivity contribution is 0.318. The average molecular weight is 250 g/mol. The molecular weight excluding hydrogens is 240 g/mol. The minimum absolute atomic E-state index is 0.0137. The number of nitrogens with zero attached hydrogens (tertiary/aromatic N) is 5. The summed E-state index contributed by atoms with van der Waals surface area (Å²) >= 11 is 1.43. The monoisotopic (exact) mass is 250 g/mol. The average Bonchev–Trinajstić information content (AvgIpc) is 2.75. The summed E-state index contributed by atoms with van der Waals surface area (Å²) in [4.78, 5) is 4.96. The number of aryl methyl sites for hydroxylation is 1. The molecule has 0 bridgehead atoms. The van der Waals surface area contributed by atoms with Crippen LogP contribution in [0.25, 0.3) is 0 Å².